The Balaban J connectivity index is 1.75. The zero-order chi connectivity index (χ0) is 27.9. The van der Waals surface area contributed by atoms with E-state index >= 15 is 0 Å². The number of nitrogens with two attached hydrogens (primary N) is 1. The van der Waals surface area contributed by atoms with Gasteiger partial charge < -0.3 is 16.0 Å². The van der Waals surface area contributed by atoms with E-state index in [1.807, 2.05) is 54.6 Å². The minimum absolute atomic E-state index is 0.0325. The fourth-order valence-electron chi connectivity index (χ4n) is 4.91. The van der Waals surface area contributed by atoms with Gasteiger partial charge in [0.15, 0.2) is 0 Å². The van der Waals surface area contributed by atoms with Crippen molar-refractivity contribution in [1.82, 2.24) is 10.2 Å². The van der Waals surface area contributed by atoms with Crippen LogP contribution in [-0.2, 0) is 26.0 Å². The predicted octanol–water partition coefficient (Wildman–Crippen LogP) is 3.05. The van der Waals surface area contributed by atoms with Gasteiger partial charge in [-0.25, -0.2) is 13.2 Å². The topological polar surface area (TPSA) is 130 Å². The second-order valence-corrected chi connectivity index (χ2v) is 12.5. The fraction of sp³-hybridized carbons (Fsp3) is 0.464. The molecule has 1 aliphatic carbocycles. The van der Waals surface area contributed by atoms with Crippen molar-refractivity contribution in [2.75, 3.05) is 31.0 Å². The molecule has 4 amide bonds. The van der Waals surface area contributed by atoms with E-state index in [1.54, 1.807) is 23.9 Å². The highest BCUT2D eigenvalue weighted by atomic mass is 32.2. The fourth-order valence-corrected chi connectivity index (χ4v) is 5.58. The summed E-state index contributed by atoms with van der Waals surface area (Å²) in [5.41, 5.74) is 8.23. The summed E-state index contributed by atoms with van der Waals surface area (Å²) in [6, 6.07) is 16.3. The third-order valence-corrected chi connectivity index (χ3v) is 7.95. The molecule has 0 aliphatic heterocycles. The molecule has 1 aliphatic rings. The summed E-state index contributed by atoms with van der Waals surface area (Å²) in [5.74, 6) is -1.62. The van der Waals surface area contributed by atoms with Gasteiger partial charge in [-0.05, 0) is 48.4 Å². The highest BCUT2D eigenvalue weighted by Crippen LogP contribution is 2.38. The largest absolute Gasteiger partial charge is 0.368 e. The molecule has 2 aromatic carbocycles. The number of primary amides is 1. The summed E-state index contributed by atoms with van der Waals surface area (Å²) < 4.78 is 23.1. The van der Waals surface area contributed by atoms with E-state index in [4.69, 9.17) is 5.73 Å². The summed E-state index contributed by atoms with van der Waals surface area (Å²) in [4.78, 5) is 41.2. The van der Waals surface area contributed by atoms with Crippen LogP contribution in [0.2, 0.25) is 0 Å². The van der Waals surface area contributed by atoms with E-state index in [2.05, 4.69) is 5.32 Å². The van der Waals surface area contributed by atoms with Gasteiger partial charge >= 0.3 is 6.03 Å². The Kier molecular flexibility index (Phi) is 9.90. The average Bonchev–Trinajstić information content (AvgIpc) is 2.89. The number of nitrogens with zero attached hydrogens (tertiary/aromatic N) is 2. The lowest BCUT2D eigenvalue weighted by Gasteiger charge is -2.32. The van der Waals surface area contributed by atoms with Crippen molar-refractivity contribution in [1.29, 1.82) is 0 Å². The molecule has 0 heterocycles. The number of carbonyl (C=O) groups excluding carboxylic acids is 3. The molecule has 3 atom stereocenters. The quantitative estimate of drug-likeness (QED) is 0.477. The summed E-state index contributed by atoms with van der Waals surface area (Å²) >= 11 is 0. The molecule has 0 radical (unpaired) electrons. The second kappa shape index (κ2) is 12.9. The standard InChI is InChI=1S/C28H38N4O5S/c1-31(2)28(35)32(22-9-5-4-6-10-22)19-20-13-15-21(16-14-20)23-11-7-8-12-24(23)27(34)30-25(26(29)33)17-18-38(3,36)37/h4-6,9-10,13-16,23-25H,7-8,11-12,17-19H2,1-3H3,(H2,29,33)(H,30,34). The Morgan fingerprint density at radius 2 is 1.63 bits per heavy atom. The van der Waals surface area contributed by atoms with Gasteiger partial charge in [-0.15, -0.1) is 0 Å². The Morgan fingerprint density at radius 3 is 2.21 bits per heavy atom. The molecular formula is C28H38N4O5S. The second-order valence-electron chi connectivity index (χ2n) is 10.2. The van der Waals surface area contributed by atoms with Gasteiger partial charge in [-0.1, -0.05) is 55.3 Å². The number of anilines is 1. The molecule has 0 aromatic heterocycles. The lowest BCUT2D eigenvalue weighted by molar-refractivity contribution is -0.131. The number of hydrogen-bond acceptors (Lipinski definition) is 5. The van der Waals surface area contributed by atoms with Gasteiger partial charge in [-0.2, -0.15) is 0 Å². The van der Waals surface area contributed by atoms with Crippen LogP contribution < -0.4 is 16.0 Å². The van der Waals surface area contributed by atoms with Gasteiger partial charge in [0.25, 0.3) is 0 Å². The first kappa shape index (κ1) is 29.2. The smallest absolute Gasteiger partial charge is 0.324 e. The minimum atomic E-state index is -3.29. The number of hydrogen-bond donors (Lipinski definition) is 2. The van der Waals surface area contributed by atoms with Crippen LogP contribution in [-0.4, -0.2) is 63.3 Å². The van der Waals surface area contributed by atoms with Crippen LogP contribution >= 0.6 is 0 Å². The number of benzene rings is 2. The van der Waals surface area contributed by atoms with Crippen molar-refractivity contribution in [2.45, 2.75) is 50.6 Å². The SMILES string of the molecule is CN(C)C(=O)N(Cc1ccc(C2CCCCC2C(=O)NC(CCS(C)(=O)=O)C(N)=O)cc1)c1ccccc1. The minimum Gasteiger partial charge on any atom is -0.368 e. The Bertz CT molecular complexity index is 1220. The van der Waals surface area contributed by atoms with Gasteiger partial charge in [-0.3, -0.25) is 14.5 Å². The first-order chi connectivity index (χ1) is 18.0. The number of nitrogens with one attached hydrogen (secondary N) is 1. The zero-order valence-corrected chi connectivity index (χ0v) is 23.1. The Labute approximate surface area is 225 Å². The highest BCUT2D eigenvalue weighted by Gasteiger charge is 2.34. The van der Waals surface area contributed by atoms with E-state index in [0.29, 0.717) is 13.0 Å². The van der Waals surface area contributed by atoms with Crippen LogP contribution in [0.4, 0.5) is 10.5 Å². The first-order valence-electron chi connectivity index (χ1n) is 12.9. The van der Waals surface area contributed by atoms with Crippen molar-refractivity contribution in [3.63, 3.8) is 0 Å². The van der Waals surface area contributed by atoms with Gasteiger partial charge in [0.2, 0.25) is 11.8 Å². The van der Waals surface area contributed by atoms with Crippen LogP contribution in [0.1, 0.15) is 49.1 Å². The molecule has 3 unspecified atom stereocenters. The summed E-state index contributed by atoms with van der Waals surface area (Å²) in [6.45, 7) is 0.399. The average molecular weight is 543 g/mol. The molecule has 38 heavy (non-hydrogen) atoms. The number of amides is 4. The van der Waals surface area contributed by atoms with Crippen LogP contribution in [0.15, 0.2) is 54.6 Å². The predicted molar refractivity (Wildman–Crippen MR) is 148 cm³/mol. The van der Waals surface area contributed by atoms with E-state index in [9.17, 15) is 22.8 Å². The van der Waals surface area contributed by atoms with Crippen LogP contribution in [0.3, 0.4) is 0 Å². The molecule has 0 saturated heterocycles. The molecule has 9 nitrogen and oxygen atoms in total. The highest BCUT2D eigenvalue weighted by molar-refractivity contribution is 7.90. The maximum Gasteiger partial charge on any atom is 0.324 e. The Hall–Kier alpha value is -3.40. The van der Waals surface area contributed by atoms with E-state index in [0.717, 1.165) is 42.3 Å². The molecule has 10 heteroatoms. The molecule has 0 spiro atoms. The summed E-state index contributed by atoms with van der Waals surface area (Å²) in [6.07, 6.45) is 4.43. The van der Waals surface area contributed by atoms with Crippen LogP contribution in [0, 0.1) is 5.92 Å². The van der Waals surface area contributed by atoms with Crippen molar-refractivity contribution < 1.29 is 22.8 Å². The monoisotopic (exact) mass is 542 g/mol. The zero-order valence-electron chi connectivity index (χ0n) is 22.3. The van der Waals surface area contributed by atoms with E-state index < -0.39 is 21.8 Å². The van der Waals surface area contributed by atoms with Crippen molar-refractivity contribution in [3.8, 4) is 0 Å². The first-order valence-corrected chi connectivity index (χ1v) is 14.9. The maximum absolute atomic E-state index is 13.2. The molecule has 1 saturated carbocycles. The van der Waals surface area contributed by atoms with Crippen LogP contribution in [0.5, 0.6) is 0 Å². The van der Waals surface area contributed by atoms with E-state index in [-0.39, 0.29) is 35.9 Å². The molecule has 206 valence electrons. The van der Waals surface area contributed by atoms with Crippen molar-refractivity contribution >= 4 is 33.4 Å². The number of sulfone groups is 1. The van der Waals surface area contributed by atoms with Gasteiger partial charge in [0.05, 0.1) is 12.3 Å². The summed E-state index contributed by atoms with van der Waals surface area (Å²) in [7, 11) is 0.149. The summed E-state index contributed by atoms with van der Waals surface area (Å²) in [5, 5.41) is 2.71. The number of urea groups is 1. The molecule has 0 bridgehead atoms. The molecule has 3 rings (SSSR count). The molecule has 1 fully saturated rings. The van der Waals surface area contributed by atoms with E-state index in [1.165, 1.54) is 0 Å². The van der Waals surface area contributed by atoms with Crippen molar-refractivity contribution in [2.24, 2.45) is 11.7 Å². The molecule has 2 aromatic rings. The normalized spacial score (nSPS) is 18.3. The lowest BCUT2D eigenvalue weighted by Crippen LogP contribution is -2.48. The number of carbonyl (C=O) groups is 3. The molecule has 3 N–H and O–H groups in total. The van der Waals surface area contributed by atoms with Gasteiger partial charge in [0, 0.05) is 32.0 Å². The van der Waals surface area contributed by atoms with Crippen LogP contribution in [0.25, 0.3) is 0 Å². The number of para-hydroxylation sites is 1. The third kappa shape index (κ3) is 8.05. The maximum atomic E-state index is 13.2. The Morgan fingerprint density at radius 1 is 1.00 bits per heavy atom. The van der Waals surface area contributed by atoms with Gasteiger partial charge in [0.1, 0.15) is 15.9 Å². The number of rotatable bonds is 10. The van der Waals surface area contributed by atoms with Crippen molar-refractivity contribution in [3.05, 3.63) is 65.7 Å². The third-order valence-electron chi connectivity index (χ3n) is 6.97. The molecular weight excluding hydrogens is 504 g/mol. The lowest BCUT2D eigenvalue weighted by atomic mass is 9.75.